The van der Waals surface area contributed by atoms with Crippen LogP contribution in [0.5, 0.6) is 11.6 Å². The zero-order chi connectivity index (χ0) is 11.5. The summed E-state index contributed by atoms with van der Waals surface area (Å²) >= 11 is 11.8. The van der Waals surface area contributed by atoms with E-state index in [2.05, 4.69) is 9.97 Å². The van der Waals surface area contributed by atoms with E-state index in [9.17, 15) is 0 Å². The van der Waals surface area contributed by atoms with E-state index in [1.807, 2.05) is 12.1 Å². The van der Waals surface area contributed by atoms with Gasteiger partial charge in [0.05, 0.1) is 5.02 Å². The first-order valence-corrected chi connectivity index (χ1v) is 5.33. The molecule has 0 unspecified atom stereocenters. The predicted molar refractivity (Wildman–Crippen MR) is 63.3 cm³/mol. The first-order chi connectivity index (χ1) is 7.68. The quantitative estimate of drug-likeness (QED) is 0.763. The zero-order valence-electron chi connectivity index (χ0n) is 8.45. The molecule has 0 radical (unpaired) electrons. The van der Waals surface area contributed by atoms with Crippen molar-refractivity contribution in [2.24, 2.45) is 0 Å². The van der Waals surface area contributed by atoms with Crippen LogP contribution in [0.3, 0.4) is 0 Å². The molecule has 0 aliphatic rings. The first-order valence-electron chi connectivity index (χ1n) is 4.58. The lowest BCUT2D eigenvalue weighted by molar-refractivity contribution is 0.457. The van der Waals surface area contributed by atoms with Gasteiger partial charge in [-0.1, -0.05) is 35.3 Å². The van der Waals surface area contributed by atoms with E-state index in [0.29, 0.717) is 27.4 Å². The maximum atomic E-state index is 5.96. The average molecular weight is 255 g/mol. The van der Waals surface area contributed by atoms with Crippen LogP contribution in [-0.4, -0.2) is 9.97 Å². The third-order valence-corrected chi connectivity index (χ3v) is 2.71. The van der Waals surface area contributed by atoms with Crippen LogP contribution < -0.4 is 4.74 Å². The zero-order valence-corrected chi connectivity index (χ0v) is 9.96. The Hall–Kier alpha value is -1.32. The van der Waals surface area contributed by atoms with Crippen LogP contribution in [0.1, 0.15) is 5.56 Å². The van der Waals surface area contributed by atoms with Gasteiger partial charge in [0.15, 0.2) is 0 Å². The number of para-hydroxylation sites is 1. The number of nitrogens with zero attached hydrogens (tertiary/aromatic N) is 2. The van der Waals surface area contributed by atoms with E-state index in [0.717, 1.165) is 0 Å². The molecule has 3 nitrogen and oxygen atoms in total. The highest BCUT2D eigenvalue weighted by Crippen LogP contribution is 2.30. The van der Waals surface area contributed by atoms with E-state index in [1.165, 1.54) is 6.33 Å². The summed E-state index contributed by atoms with van der Waals surface area (Å²) in [7, 11) is 0. The molecule has 0 saturated carbocycles. The third-order valence-electron chi connectivity index (χ3n) is 2.02. The van der Waals surface area contributed by atoms with Crippen LogP contribution in [0.2, 0.25) is 10.2 Å². The molecule has 0 spiro atoms. The van der Waals surface area contributed by atoms with Crippen molar-refractivity contribution in [3.8, 4) is 11.6 Å². The van der Waals surface area contributed by atoms with E-state index in [-0.39, 0.29) is 0 Å². The Kier molecular flexibility index (Phi) is 3.27. The second kappa shape index (κ2) is 4.68. The molecule has 2 rings (SSSR count). The van der Waals surface area contributed by atoms with Gasteiger partial charge in [0, 0.05) is 5.56 Å². The van der Waals surface area contributed by atoms with Crippen molar-refractivity contribution in [1.82, 2.24) is 9.97 Å². The van der Waals surface area contributed by atoms with E-state index < -0.39 is 0 Å². The van der Waals surface area contributed by atoms with Gasteiger partial charge in [-0.2, -0.15) is 0 Å². The molecule has 1 aromatic heterocycles. The number of hydrogen-bond donors (Lipinski definition) is 0. The van der Waals surface area contributed by atoms with E-state index >= 15 is 0 Å². The summed E-state index contributed by atoms with van der Waals surface area (Å²) in [6, 6.07) is 7.17. The number of aromatic nitrogens is 2. The van der Waals surface area contributed by atoms with Gasteiger partial charge in [-0.15, -0.1) is 0 Å². The van der Waals surface area contributed by atoms with Crippen LogP contribution in [0.15, 0.2) is 30.6 Å². The summed E-state index contributed by atoms with van der Waals surface area (Å²) in [4.78, 5) is 7.84. The van der Waals surface area contributed by atoms with Crippen molar-refractivity contribution in [1.29, 1.82) is 0 Å². The van der Waals surface area contributed by atoms with Crippen molar-refractivity contribution in [2.45, 2.75) is 6.92 Å². The summed E-state index contributed by atoms with van der Waals surface area (Å²) in [5.74, 6) is 0.954. The minimum atomic E-state index is 0.372. The molecule has 0 bridgehead atoms. The lowest BCUT2D eigenvalue weighted by atomic mass is 10.3. The van der Waals surface area contributed by atoms with E-state index in [1.54, 1.807) is 19.1 Å². The second-order valence-electron chi connectivity index (χ2n) is 3.13. The van der Waals surface area contributed by atoms with Crippen molar-refractivity contribution < 1.29 is 4.74 Å². The van der Waals surface area contributed by atoms with Crippen LogP contribution in [0, 0.1) is 6.92 Å². The van der Waals surface area contributed by atoms with Gasteiger partial charge < -0.3 is 4.74 Å². The Morgan fingerprint density at radius 3 is 2.62 bits per heavy atom. The third kappa shape index (κ3) is 2.26. The van der Waals surface area contributed by atoms with Crippen LogP contribution in [-0.2, 0) is 0 Å². The molecule has 1 aromatic carbocycles. The average Bonchev–Trinajstić information content (AvgIpc) is 2.28. The molecule has 5 heteroatoms. The predicted octanol–water partition coefficient (Wildman–Crippen LogP) is 3.88. The van der Waals surface area contributed by atoms with E-state index in [4.69, 9.17) is 27.9 Å². The molecule has 0 aliphatic carbocycles. The molecule has 0 saturated heterocycles. The van der Waals surface area contributed by atoms with Crippen molar-refractivity contribution in [3.63, 3.8) is 0 Å². The number of hydrogen-bond acceptors (Lipinski definition) is 3. The van der Waals surface area contributed by atoms with Crippen LogP contribution in [0.25, 0.3) is 0 Å². The maximum absolute atomic E-state index is 5.96. The standard InChI is InChI=1S/C11H8Cl2N2O/c1-7-10(13)14-6-15-11(7)16-9-5-3-2-4-8(9)12/h2-6H,1H3. The molecule has 0 atom stereocenters. The molecule has 82 valence electrons. The molecule has 16 heavy (non-hydrogen) atoms. The van der Waals surface area contributed by atoms with Gasteiger partial charge in [0.1, 0.15) is 17.2 Å². The smallest absolute Gasteiger partial charge is 0.226 e. The van der Waals surface area contributed by atoms with Gasteiger partial charge in [0.25, 0.3) is 0 Å². The van der Waals surface area contributed by atoms with Gasteiger partial charge in [-0.3, -0.25) is 0 Å². The Bertz CT molecular complexity index is 517. The van der Waals surface area contributed by atoms with Gasteiger partial charge >= 0.3 is 0 Å². The summed E-state index contributed by atoms with van der Waals surface area (Å²) in [5, 5.41) is 0.897. The summed E-state index contributed by atoms with van der Waals surface area (Å²) in [5.41, 5.74) is 0.684. The fraction of sp³-hybridized carbons (Fsp3) is 0.0909. The van der Waals surface area contributed by atoms with Crippen LogP contribution >= 0.6 is 23.2 Å². The van der Waals surface area contributed by atoms with Gasteiger partial charge in [-0.25, -0.2) is 9.97 Å². The molecular formula is C11H8Cl2N2O. The number of ether oxygens (including phenoxy) is 1. The highest BCUT2D eigenvalue weighted by Gasteiger charge is 2.08. The Morgan fingerprint density at radius 1 is 1.12 bits per heavy atom. The number of halogens is 2. The molecule has 0 fully saturated rings. The minimum Gasteiger partial charge on any atom is -0.437 e. The molecule has 2 aromatic rings. The Balaban J connectivity index is 2.35. The lowest BCUT2D eigenvalue weighted by Crippen LogP contribution is -1.93. The topological polar surface area (TPSA) is 35.0 Å². The monoisotopic (exact) mass is 254 g/mol. The largest absolute Gasteiger partial charge is 0.437 e. The Labute approximate surface area is 103 Å². The number of benzene rings is 1. The lowest BCUT2D eigenvalue weighted by Gasteiger charge is -2.08. The van der Waals surface area contributed by atoms with Gasteiger partial charge in [-0.05, 0) is 19.1 Å². The highest BCUT2D eigenvalue weighted by atomic mass is 35.5. The first kappa shape index (κ1) is 11.2. The molecule has 0 amide bonds. The van der Waals surface area contributed by atoms with Crippen LogP contribution in [0.4, 0.5) is 0 Å². The summed E-state index contributed by atoms with van der Waals surface area (Å²) in [6.07, 6.45) is 1.35. The highest BCUT2D eigenvalue weighted by molar-refractivity contribution is 6.32. The SMILES string of the molecule is Cc1c(Cl)ncnc1Oc1ccccc1Cl. The fourth-order valence-electron chi connectivity index (χ4n) is 1.15. The minimum absolute atomic E-state index is 0.372. The Morgan fingerprint density at radius 2 is 1.88 bits per heavy atom. The van der Waals surface area contributed by atoms with Crippen molar-refractivity contribution in [3.05, 3.63) is 46.3 Å². The molecule has 0 N–H and O–H groups in total. The summed E-state index contributed by atoms with van der Waals surface area (Å²) < 4.78 is 5.55. The maximum Gasteiger partial charge on any atom is 0.226 e. The summed E-state index contributed by atoms with van der Waals surface area (Å²) in [6.45, 7) is 1.79. The van der Waals surface area contributed by atoms with Gasteiger partial charge in [0.2, 0.25) is 5.88 Å². The molecule has 0 aliphatic heterocycles. The molecular weight excluding hydrogens is 247 g/mol. The normalized spacial score (nSPS) is 10.2. The second-order valence-corrected chi connectivity index (χ2v) is 3.89. The molecule has 1 heterocycles. The van der Waals surface area contributed by atoms with Crippen molar-refractivity contribution >= 4 is 23.2 Å². The fourth-order valence-corrected chi connectivity index (χ4v) is 1.45. The number of rotatable bonds is 2. The van der Waals surface area contributed by atoms with Crippen molar-refractivity contribution in [2.75, 3.05) is 0 Å².